The Kier molecular flexibility index (Phi) is 5.87. The van der Waals surface area contributed by atoms with Crippen LogP contribution < -0.4 is 0 Å². The molecule has 0 bridgehead atoms. The Balaban J connectivity index is 0.000000924. The quantitative estimate of drug-likeness (QED) is 0.594. The molecule has 3 nitrogen and oxygen atoms in total. The van der Waals surface area contributed by atoms with Gasteiger partial charge in [0.25, 0.3) is 0 Å². The monoisotopic (exact) mass is 306 g/mol. The minimum absolute atomic E-state index is 0.193. The van der Waals surface area contributed by atoms with Crippen LogP contribution in [-0.2, 0) is 0 Å². The van der Waals surface area contributed by atoms with E-state index in [1.165, 1.54) is 11.8 Å². The summed E-state index contributed by atoms with van der Waals surface area (Å²) in [6.45, 7) is 6.09. The number of para-hydroxylation sites is 1. The third kappa shape index (κ3) is 3.75. The van der Waals surface area contributed by atoms with Crippen molar-refractivity contribution in [2.45, 2.75) is 26.7 Å². The van der Waals surface area contributed by atoms with Gasteiger partial charge in [-0.2, -0.15) is 0 Å². The first kappa shape index (κ1) is 16.7. The molecule has 0 aliphatic carbocycles. The van der Waals surface area contributed by atoms with Gasteiger partial charge in [-0.25, -0.2) is 4.99 Å². The van der Waals surface area contributed by atoms with E-state index >= 15 is 0 Å². The summed E-state index contributed by atoms with van der Waals surface area (Å²) in [5.41, 5.74) is 2.69. The van der Waals surface area contributed by atoms with Crippen LogP contribution >= 0.6 is 0 Å². The molecule has 0 amide bonds. The van der Waals surface area contributed by atoms with E-state index in [1.54, 1.807) is 0 Å². The zero-order valence-corrected chi connectivity index (χ0v) is 13.8. The molecule has 1 heterocycles. The van der Waals surface area contributed by atoms with Crippen molar-refractivity contribution in [3.05, 3.63) is 65.7 Å². The van der Waals surface area contributed by atoms with Crippen molar-refractivity contribution in [1.29, 1.82) is 5.41 Å². The average Bonchev–Trinajstić information content (AvgIpc) is 2.99. The molecule has 1 aromatic heterocycles. The summed E-state index contributed by atoms with van der Waals surface area (Å²) in [6.07, 6.45) is 3.16. The highest BCUT2D eigenvalue weighted by Gasteiger charge is 2.11. The van der Waals surface area contributed by atoms with Crippen molar-refractivity contribution >= 4 is 29.3 Å². The number of furan rings is 1. The zero-order chi connectivity index (χ0) is 16.7. The number of rotatable bonds is 4. The van der Waals surface area contributed by atoms with Crippen molar-refractivity contribution < 1.29 is 4.42 Å². The van der Waals surface area contributed by atoms with E-state index < -0.39 is 0 Å². The molecule has 1 N–H and O–H groups in total. The second-order valence-electron chi connectivity index (χ2n) is 4.94. The van der Waals surface area contributed by atoms with E-state index in [4.69, 9.17) is 9.83 Å². The van der Waals surface area contributed by atoms with Gasteiger partial charge in [0.2, 0.25) is 5.88 Å². The molecule has 0 radical (unpaired) electrons. The smallest absolute Gasteiger partial charge is 0.228 e. The molecule has 3 rings (SSSR count). The Labute approximate surface area is 137 Å². The highest BCUT2D eigenvalue weighted by Crippen LogP contribution is 2.30. The van der Waals surface area contributed by atoms with Crippen LogP contribution in [0.5, 0.6) is 0 Å². The lowest BCUT2D eigenvalue weighted by molar-refractivity contribution is 0.625. The lowest BCUT2D eigenvalue weighted by Gasteiger charge is -2.04. The molecule has 0 aliphatic heterocycles. The third-order valence-electron chi connectivity index (χ3n) is 3.50. The molecule has 1 atom stereocenters. The summed E-state index contributed by atoms with van der Waals surface area (Å²) in [5.74, 6) is 0.687. The van der Waals surface area contributed by atoms with Gasteiger partial charge in [-0.05, 0) is 11.6 Å². The van der Waals surface area contributed by atoms with Crippen LogP contribution in [0, 0.1) is 5.41 Å². The standard InChI is InChI=1S/C18H16N2O.C2H6/c1-13(14-7-3-2-4-8-14)12-20-18-16(11-19)15-9-5-6-10-17(15)21-18;1-2/h2-13,19H,1H3;1-2H3/b19-11?,20-12-;. The largest absolute Gasteiger partial charge is 0.438 e. The summed E-state index contributed by atoms with van der Waals surface area (Å²) in [5, 5.41) is 8.50. The van der Waals surface area contributed by atoms with E-state index in [0.29, 0.717) is 5.88 Å². The van der Waals surface area contributed by atoms with Crippen LogP contribution in [0.25, 0.3) is 11.0 Å². The molecule has 0 fully saturated rings. The highest BCUT2D eigenvalue weighted by molar-refractivity contribution is 6.02. The van der Waals surface area contributed by atoms with Crippen molar-refractivity contribution in [1.82, 2.24) is 0 Å². The van der Waals surface area contributed by atoms with E-state index in [9.17, 15) is 0 Å². The van der Waals surface area contributed by atoms with Gasteiger partial charge in [0.1, 0.15) is 5.58 Å². The second kappa shape index (κ2) is 8.08. The molecule has 118 valence electrons. The lowest BCUT2D eigenvalue weighted by atomic mass is 10.0. The number of nitrogens with zero attached hydrogens (tertiary/aromatic N) is 1. The number of fused-ring (bicyclic) bond motifs is 1. The van der Waals surface area contributed by atoms with E-state index in [1.807, 2.05) is 62.5 Å². The first-order valence-corrected chi connectivity index (χ1v) is 7.90. The number of nitrogens with one attached hydrogen (secondary N) is 1. The maximum Gasteiger partial charge on any atom is 0.228 e. The van der Waals surface area contributed by atoms with Crippen LogP contribution in [0.1, 0.15) is 37.8 Å². The first-order chi connectivity index (χ1) is 11.3. The maximum absolute atomic E-state index is 7.57. The SMILES string of the molecule is CC.CC(/C=N\c1oc2ccccc2c1C=N)c1ccccc1. The van der Waals surface area contributed by atoms with Crippen molar-refractivity contribution in [2.75, 3.05) is 0 Å². The second-order valence-corrected chi connectivity index (χ2v) is 4.94. The third-order valence-corrected chi connectivity index (χ3v) is 3.50. The molecule has 3 aromatic rings. The van der Waals surface area contributed by atoms with Gasteiger partial charge in [0.05, 0.1) is 5.56 Å². The van der Waals surface area contributed by atoms with Crippen molar-refractivity contribution in [3.8, 4) is 0 Å². The number of hydrogen-bond donors (Lipinski definition) is 1. The fourth-order valence-electron chi connectivity index (χ4n) is 2.31. The minimum atomic E-state index is 0.193. The fourth-order valence-corrected chi connectivity index (χ4v) is 2.31. The minimum Gasteiger partial charge on any atom is -0.438 e. The van der Waals surface area contributed by atoms with E-state index in [-0.39, 0.29) is 5.92 Å². The first-order valence-electron chi connectivity index (χ1n) is 7.90. The topological polar surface area (TPSA) is 49.4 Å². The van der Waals surface area contributed by atoms with Gasteiger partial charge in [-0.3, -0.25) is 0 Å². The molecule has 2 aromatic carbocycles. The molecule has 23 heavy (non-hydrogen) atoms. The van der Waals surface area contributed by atoms with E-state index in [2.05, 4.69) is 24.0 Å². The fraction of sp³-hybridized carbons (Fsp3) is 0.200. The predicted octanol–water partition coefficient (Wildman–Crippen LogP) is 5.96. The zero-order valence-electron chi connectivity index (χ0n) is 13.8. The predicted molar refractivity (Wildman–Crippen MR) is 98.5 cm³/mol. The van der Waals surface area contributed by atoms with E-state index in [0.717, 1.165) is 16.5 Å². The van der Waals surface area contributed by atoms with Gasteiger partial charge in [-0.1, -0.05) is 69.3 Å². The molecular formula is C20H22N2O. The lowest BCUT2D eigenvalue weighted by Crippen LogP contribution is -1.93. The number of aliphatic imine (C=N–C) groups is 1. The number of benzene rings is 2. The Hall–Kier alpha value is -2.68. The maximum atomic E-state index is 7.57. The van der Waals surface area contributed by atoms with Gasteiger partial charge in [-0.15, -0.1) is 0 Å². The highest BCUT2D eigenvalue weighted by atomic mass is 16.3. The molecule has 3 heteroatoms. The van der Waals surface area contributed by atoms with Crippen molar-refractivity contribution in [3.63, 3.8) is 0 Å². The summed E-state index contributed by atoms with van der Waals surface area (Å²) >= 11 is 0. The summed E-state index contributed by atoms with van der Waals surface area (Å²) < 4.78 is 5.73. The van der Waals surface area contributed by atoms with Crippen LogP contribution in [0.4, 0.5) is 5.88 Å². The Bertz CT molecular complexity index is 788. The van der Waals surface area contributed by atoms with Crippen LogP contribution in [0.15, 0.2) is 64.0 Å². The Morgan fingerprint density at radius 1 is 1.00 bits per heavy atom. The van der Waals surface area contributed by atoms with Crippen LogP contribution in [-0.4, -0.2) is 12.4 Å². The molecule has 0 saturated carbocycles. The molecule has 0 spiro atoms. The molecular weight excluding hydrogens is 284 g/mol. The van der Waals surface area contributed by atoms with Gasteiger partial charge in [0.15, 0.2) is 0 Å². The van der Waals surface area contributed by atoms with Gasteiger partial charge in [0, 0.05) is 23.7 Å². The summed E-state index contributed by atoms with van der Waals surface area (Å²) in [6, 6.07) is 17.9. The Morgan fingerprint density at radius 3 is 2.35 bits per heavy atom. The van der Waals surface area contributed by atoms with Gasteiger partial charge < -0.3 is 9.83 Å². The van der Waals surface area contributed by atoms with Crippen LogP contribution in [0.3, 0.4) is 0 Å². The van der Waals surface area contributed by atoms with Gasteiger partial charge >= 0.3 is 0 Å². The summed E-state index contributed by atoms with van der Waals surface area (Å²) in [4.78, 5) is 4.45. The molecule has 1 unspecified atom stereocenters. The Morgan fingerprint density at radius 2 is 1.65 bits per heavy atom. The van der Waals surface area contributed by atoms with Crippen molar-refractivity contribution in [2.24, 2.45) is 4.99 Å². The molecule has 0 aliphatic rings. The number of hydrogen-bond acceptors (Lipinski definition) is 3. The summed E-state index contributed by atoms with van der Waals surface area (Å²) in [7, 11) is 0. The average molecular weight is 306 g/mol. The normalized spacial score (nSPS) is 12.0. The molecule has 0 saturated heterocycles. The van der Waals surface area contributed by atoms with Crippen LogP contribution in [0.2, 0.25) is 0 Å².